The van der Waals surface area contributed by atoms with Crippen LogP contribution in [0.3, 0.4) is 0 Å². The van der Waals surface area contributed by atoms with Crippen LogP contribution in [0.15, 0.2) is 0 Å². The second-order valence-corrected chi connectivity index (χ2v) is 3.90. The van der Waals surface area contributed by atoms with Gasteiger partial charge in [-0.3, -0.25) is 4.90 Å². The number of hydrogen-bond donors (Lipinski definition) is 0. The summed E-state index contributed by atoms with van der Waals surface area (Å²) in [4.78, 5) is 5.04. The highest BCUT2D eigenvalue weighted by Crippen LogP contribution is 2.36. The predicted molar refractivity (Wildman–Crippen MR) is 42.0 cm³/mol. The number of fused-ring (bicyclic) bond motifs is 1. The maximum Gasteiger partial charge on any atom is 0.0398 e. The summed E-state index contributed by atoms with van der Waals surface area (Å²) in [5.74, 6) is 0. The third kappa shape index (κ3) is 0.789. The summed E-state index contributed by atoms with van der Waals surface area (Å²) in [6.45, 7) is 7.17. The van der Waals surface area contributed by atoms with Crippen molar-refractivity contribution in [3.8, 4) is 0 Å². The summed E-state index contributed by atoms with van der Waals surface area (Å²) in [7, 11) is 2.21. The van der Waals surface area contributed by atoms with Crippen molar-refractivity contribution in [2.24, 2.45) is 0 Å². The fourth-order valence-corrected chi connectivity index (χ4v) is 2.27. The predicted octanol–water partition coefficient (Wildman–Crippen LogP) is 0.393. The molecule has 0 saturated carbocycles. The first-order chi connectivity index (χ1) is 4.70. The quantitative estimate of drug-likeness (QED) is 0.486. The standard InChI is InChI=1S/C8H16N2/c1-6(2)10-7-4-9(3)5-8(7)10/h6-8H,4-5H2,1-3H3/t7-,8+,10?. The number of hydrogen-bond acceptors (Lipinski definition) is 2. The molecule has 2 aliphatic heterocycles. The second kappa shape index (κ2) is 1.95. The summed E-state index contributed by atoms with van der Waals surface area (Å²) >= 11 is 0. The average molecular weight is 140 g/mol. The molecular weight excluding hydrogens is 124 g/mol. The van der Waals surface area contributed by atoms with E-state index in [1.807, 2.05) is 0 Å². The van der Waals surface area contributed by atoms with Gasteiger partial charge in [-0.1, -0.05) is 0 Å². The zero-order valence-corrected chi connectivity index (χ0v) is 7.04. The third-order valence-electron chi connectivity index (χ3n) is 2.71. The van der Waals surface area contributed by atoms with E-state index in [1.54, 1.807) is 0 Å². The van der Waals surface area contributed by atoms with E-state index in [2.05, 4.69) is 30.7 Å². The molecule has 0 bridgehead atoms. The van der Waals surface area contributed by atoms with Crippen LogP contribution in [0.1, 0.15) is 13.8 Å². The number of rotatable bonds is 1. The first-order valence-corrected chi connectivity index (χ1v) is 4.16. The fraction of sp³-hybridized carbons (Fsp3) is 1.00. The second-order valence-electron chi connectivity index (χ2n) is 3.90. The maximum atomic E-state index is 2.61. The van der Waals surface area contributed by atoms with E-state index in [0.29, 0.717) is 0 Å². The van der Waals surface area contributed by atoms with E-state index in [1.165, 1.54) is 13.1 Å². The van der Waals surface area contributed by atoms with E-state index in [-0.39, 0.29) is 0 Å². The van der Waals surface area contributed by atoms with Crippen molar-refractivity contribution in [1.82, 2.24) is 9.80 Å². The Morgan fingerprint density at radius 1 is 1.20 bits per heavy atom. The van der Waals surface area contributed by atoms with Gasteiger partial charge in [-0.2, -0.15) is 0 Å². The maximum absolute atomic E-state index is 2.61. The largest absolute Gasteiger partial charge is 0.303 e. The molecule has 2 heterocycles. The van der Waals surface area contributed by atoms with Gasteiger partial charge < -0.3 is 4.90 Å². The van der Waals surface area contributed by atoms with Gasteiger partial charge in [0.2, 0.25) is 0 Å². The molecule has 2 heteroatoms. The zero-order valence-electron chi connectivity index (χ0n) is 7.04. The van der Waals surface area contributed by atoms with Crippen LogP contribution in [0.25, 0.3) is 0 Å². The molecule has 0 aliphatic carbocycles. The molecule has 0 aromatic heterocycles. The van der Waals surface area contributed by atoms with Crippen LogP contribution in [0, 0.1) is 0 Å². The average Bonchev–Trinajstić information content (AvgIpc) is 2.32. The summed E-state index contributed by atoms with van der Waals surface area (Å²) < 4.78 is 0. The molecule has 58 valence electrons. The first kappa shape index (κ1) is 6.62. The minimum atomic E-state index is 0.767. The molecule has 2 aliphatic rings. The normalized spacial score (nSPS) is 46.2. The minimum Gasteiger partial charge on any atom is -0.303 e. The molecule has 0 aromatic rings. The van der Waals surface area contributed by atoms with Crippen LogP contribution >= 0.6 is 0 Å². The van der Waals surface area contributed by atoms with Gasteiger partial charge in [0.25, 0.3) is 0 Å². The molecular formula is C8H16N2. The van der Waals surface area contributed by atoms with Crippen molar-refractivity contribution in [3.63, 3.8) is 0 Å². The SMILES string of the molecule is CC(C)N1[C@@H]2CN(C)C[C@@H]21. The van der Waals surface area contributed by atoms with Crippen LogP contribution in [-0.2, 0) is 0 Å². The van der Waals surface area contributed by atoms with Gasteiger partial charge >= 0.3 is 0 Å². The molecule has 0 spiro atoms. The molecule has 3 atom stereocenters. The zero-order chi connectivity index (χ0) is 7.30. The number of likely N-dealkylation sites (tertiary alicyclic amines) is 1. The van der Waals surface area contributed by atoms with E-state index < -0.39 is 0 Å². The number of piperazine rings is 1. The van der Waals surface area contributed by atoms with Crippen molar-refractivity contribution in [2.45, 2.75) is 32.0 Å². The Kier molecular flexibility index (Phi) is 1.29. The smallest absolute Gasteiger partial charge is 0.0398 e. The highest BCUT2D eigenvalue weighted by molar-refractivity contribution is 5.10. The topological polar surface area (TPSA) is 6.25 Å². The van der Waals surface area contributed by atoms with Gasteiger partial charge in [0.15, 0.2) is 0 Å². The lowest BCUT2D eigenvalue weighted by molar-refractivity contribution is 0.272. The van der Waals surface area contributed by atoms with Crippen LogP contribution in [0.5, 0.6) is 0 Å². The Hall–Kier alpha value is -0.0800. The molecule has 0 aromatic carbocycles. The highest BCUT2D eigenvalue weighted by Gasteiger charge is 2.53. The Labute approximate surface area is 62.8 Å². The monoisotopic (exact) mass is 140 g/mol. The number of likely N-dealkylation sites (N-methyl/N-ethyl adjacent to an activating group) is 1. The summed E-state index contributed by atoms with van der Waals surface area (Å²) in [5.41, 5.74) is 0. The van der Waals surface area contributed by atoms with Crippen molar-refractivity contribution in [2.75, 3.05) is 20.1 Å². The molecule has 2 fully saturated rings. The Balaban J connectivity index is 1.92. The fourth-order valence-electron chi connectivity index (χ4n) is 2.27. The van der Waals surface area contributed by atoms with E-state index in [4.69, 9.17) is 0 Å². The van der Waals surface area contributed by atoms with Crippen LogP contribution in [0.2, 0.25) is 0 Å². The molecule has 1 unspecified atom stereocenters. The minimum absolute atomic E-state index is 0.767. The molecule has 0 N–H and O–H groups in total. The Bertz CT molecular complexity index is 132. The van der Waals surface area contributed by atoms with Crippen LogP contribution in [-0.4, -0.2) is 48.1 Å². The lowest BCUT2D eigenvalue weighted by Crippen LogP contribution is -2.28. The van der Waals surface area contributed by atoms with Gasteiger partial charge in [-0.15, -0.1) is 0 Å². The van der Waals surface area contributed by atoms with E-state index in [9.17, 15) is 0 Å². The van der Waals surface area contributed by atoms with Crippen molar-refractivity contribution in [1.29, 1.82) is 0 Å². The Morgan fingerprint density at radius 2 is 1.70 bits per heavy atom. The molecule has 0 amide bonds. The lowest BCUT2D eigenvalue weighted by atomic mass is 10.4. The molecule has 2 saturated heterocycles. The third-order valence-corrected chi connectivity index (χ3v) is 2.71. The van der Waals surface area contributed by atoms with Crippen LogP contribution in [0.4, 0.5) is 0 Å². The molecule has 10 heavy (non-hydrogen) atoms. The number of nitrogens with zero attached hydrogens (tertiary/aromatic N) is 2. The van der Waals surface area contributed by atoms with E-state index >= 15 is 0 Å². The molecule has 2 rings (SSSR count). The van der Waals surface area contributed by atoms with Gasteiger partial charge in [0, 0.05) is 31.2 Å². The summed E-state index contributed by atoms with van der Waals surface area (Å²) in [6.07, 6.45) is 0. The first-order valence-electron chi connectivity index (χ1n) is 4.16. The van der Waals surface area contributed by atoms with Gasteiger partial charge in [0.05, 0.1) is 0 Å². The van der Waals surface area contributed by atoms with Crippen molar-refractivity contribution < 1.29 is 0 Å². The van der Waals surface area contributed by atoms with Crippen molar-refractivity contribution >= 4 is 0 Å². The molecule has 2 nitrogen and oxygen atoms in total. The summed E-state index contributed by atoms with van der Waals surface area (Å²) in [6, 6.07) is 2.58. The summed E-state index contributed by atoms with van der Waals surface area (Å²) in [5, 5.41) is 0. The molecule has 0 radical (unpaired) electrons. The van der Waals surface area contributed by atoms with Crippen molar-refractivity contribution in [3.05, 3.63) is 0 Å². The van der Waals surface area contributed by atoms with E-state index in [0.717, 1.165) is 18.1 Å². The van der Waals surface area contributed by atoms with Crippen LogP contribution < -0.4 is 0 Å². The van der Waals surface area contributed by atoms with Gasteiger partial charge in [0.1, 0.15) is 0 Å². The van der Waals surface area contributed by atoms with Gasteiger partial charge in [-0.25, -0.2) is 0 Å². The van der Waals surface area contributed by atoms with Gasteiger partial charge in [-0.05, 0) is 20.9 Å². The highest BCUT2D eigenvalue weighted by atomic mass is 15.4. The lowest BCUT2D eigenvalue weighted by Gasteiger charge is -2.17. The Morgan fingerprint density at radius 3 is 2.10 bits per heavy atom.